The number of amides is 1. The summed E-state index contributed by atoms with van der Waals surface area (Å²) in [5.74, 6) is 0.793. The minimum absolute atomic E-state index is 0.00728. The molecular formula is C25H30N4O3S. The van der Waals surface area contributed by atoms with Crippen LogP contribution in [-0.2, 0) is 21.8 Å². The van der Waals surface area contributed by atoms with Crippen molar-refractivity contribution in [3.8, 4) is 0 Å². The van der Waals surface area contributed by atoms with Gasteiger partial charge in [-0.1, -0.05) is 30.3 Å². The fourth-order valence-corrected chi connectivity index (χ4v) is 4.92. The molecule has 0 spiro atoms. The average molecular weight is 467 g/mol. The summed E-state index contributed by atoms with van der Waals surface area (Å²) in [5.41, 5.74) is 1.85. The molecule has 0 aliphatic carbocycles. The highest BCUT2D eigenvalue weighted by atomic mass is 32.2. The Balaban J connectivity index is 1.33. The number of ether oxygens (including phenoxy) is 1. The first kappa shape index (κ1) is 23.4. The Bertz CT molecular complexity index is 1110. The molecular weight excluding hydrogens is 436 g/mol. The summed E-state index contributed by atoms with van der Waals surface area (Å²) < 4.78 is 7.32. The molecule has 1 atom stereocenters. The monoisotopic (exact) mass is 466 g/mol. The minimum Gasteiger partial charge on any atom is -0.376 e. The summed E-state index contributed by atoms with van der Waals surface area (Å²) in [7, 11) is 0. The lowest BCUT2D eigenvalue weighted by Crippen LogP contribution is -2.31. The predicted molar refractivity (Wildman–Crippen MR) is 130 cm³/mol. The third-order valence-corrected chi connectivity index (χ3v) is 6.83. The van der Waals surface area contributed by atoms with E-state index in [0.717, 1.165) is 60.7 Å². The lowest BCUT2D eigenvalue weighted by atomic mass is 10.1. The number of para-hydroxylation sites is 1. The zero-order valence-electron chi connectivity index (χ0n) is 18.7. The zero-order valence-corrected chi connectivity index (χ0v) is 19.6. The van der Waals surface area contributed by atoms with E-state index < -0.39 is 0 Å². The fraction of sp³-hybridized carbons (Fsp3) is 0.440. The molecule has 33 heavy (non-hydrogen) atoms. The number of aromatic nitrogens is 3. The fourth-order valence-electron chi connectivity index (χ4n) is 3.94. The lowest BCUT2D eigenvalue weighted by molar-refractivity contribution is -0.121. The van der Waals surface area contributed by atoms with Gasteiger partial charge in [0.05, 0.1) is 17.0 Å². The SMILES string of the molecule is O=C(CCCCCn1c(SCc2ccncc2)nc2ccccc2c1=O)NCC1CCCO1. The second-order valence-corrected chi connectivity index (χ2v) is 9.20. The normalized spacial score (nSPS) is 15.7. The number of carbonyl (C=O) groups excluding carboxylic acids is 1. The van der Waals surface area contributed by atoms with Crippen LogP contribution in [0.1, 0.15) is 44.1 Å². The highest BCUT2D eigenvalue weighted by Gasteiger charge is 2.16. The number of fused-ring (bicyclic) bond motifs is 1. The van der Waals surface area contributed by atoms with Crippen molar-refractivity contribution < 1.29 is 9.53 Å². The molecule has 1 saturated heterocycles. The van der Waals surface area contributed by atoms with E-state index in [1.807, 2.05) is 36.4 Å². The van der Waals surface area contributed by atoms with Gasteiger partial charge in [-0.3, -0.25) is 19.1 Å². The number of nitrogens with one attached hydrogen (secondary N) is 1. The predicted octanol–water partition coefficient (Wildman–Crippen LogP) is 3.94. The van der Waals surface area contributed by atoms with E-state index in [9.17, 15) is 9.59 Å². The molecule has 0 saturated carbocycles. The number of unbranched alkanes of at least 4 members (excludes halogenated alkanes) is 2. The average Bonchev–Trinajstić information content (AvgIpc) is 3.37. The second-order valence-electron chi connectivity index (χ2n) is 8.26. The maximum Gasteiger partial charge on any atom is 0.262 e. The third kappa shape index (κ3) is 6.65. The van der Waals surface area contributed by atoms with E-state index in [2.05, 4.69) is 10.3 Å². The number of hydrogen-bond acceptors (Lipinski definition) is 6. The van der Waals surface area contributed by atoms with Gasteiger partial charge in [0.2, 0.25) is 5.91 Å². The first-order valence-corrected chi connectivity index (χ1v) is 12.6. The van der Waals surface area contributed by atoms with Gasteiger partial charge in [0.25, 0.3) is 5.56 Å². The number of thioether (sulfide) groups is 1. The smallest absolute Gasteiger partial charge is 0.262 e. The molecule has 1 aliphatic rings. The standard InChI is InChI=1S/C25H30N4O3S/c30-23(27-17-20-7-6-16-32-20)10-2-1-5-15-29-24(31)21-8-3-4-9-22(21)28-25(29)33-18-19-11-13-26-14-12-19/h3-4,8-9,11-14,20H,1-2,5-7,10,15-18H2,(H,27,30). The molecule has 1 fully saturated rings. The molecule has 0 bridgehead atoms. The van der Waals surface area contributed by atoms with Crippen molar-refractivity contribution in [1.82, 2.24) is 19.9 Å². The van der Waals surface area contributed by atoms with E-state index in [1.54, 1.807) is 28.7 Å². The van der Waals surface area contributed by atoms with Gasteiger partial charge in [0.1, 0.15) is 0 Å². The van der Waals surface area contributed by atoms with Crippen LogP contribution in [0.2, 0.25) is 0 Å². The Morgan fingerprint density at radius 2 is 2.00 bits per heavy atom. The van der Waals surface area contributed by atoms with E-state index >= 15 is 0 Å². The summed E-state index contributed by atoms with van der Waals surface area (Å²) in [5, 5.41) is 4.33. The number of rotatable bonds is 11. The minimum atomic E-state index is -0.00728. The van der Waals surface area contributed by atoms with Crippen LogP contribution in [0.5, 0.6) is 0 Å². The van der Waals surface area contributed by atoms with Crippen LogP contribution in [0.25, 0.3) is 10.9 Å². The van der Waals surface area contributed by atoms with Crippen LogP contribution in [-0.4, -0.2) is 39.7 Å². The third-order valence-electron chi connectivity index (χ3n) is 5.78. The Morgan fingerprint density at radius 3 is 2.82 bits per heavy atom. The van der Waals surface area contributed by atoms with Crippen molar-refractivity contribution in [2.75, 3.05) is 13.2 Å². The van der Waals surface area contributed by atoms with Crippen molar-refractivity contribution >= 4 is 28.6 Å². The largest absolute Gasteiger partial charge is 0.376 e. The van der Waals surface area contributed by atoms with Crippen molar-refractivity contribution in [1.29, 1.82) is 0 Å². The van der Waals surface area contributed by atoms with E-state index in [1.165, 1.54) is 0 Å². The molecule has 2 aromatic heterocycles. The van der Waals surface area contributed by atoms with Gasteiger partial charge in [0.15, 0.2) is 5.16 Å². The summed E-state index contributed by atoms with van der Waals surface area (Å²) in [6.07, 6.45) is 8.81. The lowest BCUT2D eigenvalue weighted by Gasteiger charge is -2.13. The van der Waals surface area contributed by atoms with Crippen LogP contribution >= 0.6 is 11.8 Å². The first-order valence-electron chi connectivity index (χ1n) is 11.6. The Morgan fingerprint density at radius 1 is 1.15 bits per heavy atom. The van der Waals surface area contributed by atoms with Crippen molar-refractivity contribution in [3.63, 3.8) is 0 Å². The van der Waals surface area contributed by atoms with Crippen molar-refractivity contribution in [2.24, 2.45) is 0 Å². The second kappa shape index (κ2) is 12.0. The number of nitrogens with zero attached hydrogens (tertiary/aromatic N) is 3. The number of pyridine rings is 1. The van der Waals surface area contributed by atoms with Crippen molar-refractivity contribution in [3.05, 3.63) is 64.7 Å². The van der Waals surface area contributed by atoms with Gasteiger partial charge in [0, 0.05) is 44.3 Å². The molecule has 1 aliphatic heterocycles. The highest BCUT2D eigenvalue weighted by Crippen LogP contribution is 2.22. The number of hydrogen-bond donors (Lipinski definition) is 1. The zero-order chi connectivity index (χ0) is 22.9. The molecule has 4 rings (SSSR count). The van der Waals surface area contributed by atoms with Gasteiger partial charge in [-0.15, -0.1) is 0 Å². The van der Waals surface area contributed by atoms with Gasteiger partial charge < -0.3 is 10.1 Å². The summed E-state index contributed by atoms with van der Waals surface area (Å²) >= 11 is 1.56. The quantitative estimate of drug-likeness (QED) is 0.262. The summed E-state index contributed by atoms with van der Waals surface area (Å²) in [6, 6.07) is 11.4. The van der Waals surface area contributed by atoms with E-state index in [-0.39, 0.29) is 17.6 Å². The van der Waals surface area contributed by atoms with E-state index in [0.29, 0.717) is 24.9 Å². The molecule has 1 amide bonds. The Labute approximate surface area is 198 Å². The summed E-state index contributed by atoms with van der Waals surface area (Å²) in [6.45, 7) is 1.99. The van der Waals surface area contributed by atoms with Crippen LogP contribution in [0, 0.1) is 0 Å². The van der Waals surface area contributed by atoms with Gasteiger partial charge in [-0.2, -0.15) is 0 Å². The Hall–Kier alpha value is -2.71. The summed E-state index contributed by atoms with van der Waals surface area (Å²) in [4.78, 5) is 34.1. The maximum atomic E-state index is 13.2. The Kier molecular flexibility index (Phi) is 8.49. The first-order chi connectivity index (χ1) is 16.2. The van der Waals surface area contributed by atoms with Crippen molar-refractivity contribution in [2.45, 2.75) is 62.1 Å². The number of benzene rings is 1. The molecule has 3 aromatic rings. The van der Waals surface area contributed by atoms with Crippen LogP contribution in [0.4, 0.5) is 0 Å². The number of carbonyl (C=O) groups is 1. The maximum absolute atomic E-state index is 13.2. The molecule has 0 radical (unpaired) electrons. The molecule has 8 heteroatoms. The van der Waals surface area contributed by atoms with Crippen LogP contribution in [0.15, 0.2) is 58.7 Å². The molecule has 3 heterocycles. The van der Waals surface area contributed by atoms with E-state index in [4.69, 9.17) is 9.72 Å². The highest BCUT2D eigenvalue weighted by molar-refractivity contribution is 7.98. The topological polar surface area (TPSA) is 86.1 Å². The van der Waals surface area contributed by atoms with Gasteiger partial charge in [-0.05, 0) is 55.5 Å². The molecule has 1 N–H and O–H groups in total. The van der Waals surface area contributed by atoms with Crippen LogP contribution in [0.3, 0.4) is 0 Å². The van der Waals surface area contributed by atoms with Gasteiger partial charge >= 0.3 is 0 Å². The van der Waals surface area contributed by atoms with Gasteiger partial charge in [-0.25, -0.2) is 4.98 Å². The van der Waals surface area contributed by atoms with Crippen LogP contribution < -0.4 is 10.9 Å². The molecule has 7 nitrogen and oxygen atoms in total. The molecule has 174 valence electrons. The molecule has 1 aromatic carbocycles. The molecule has 1 unspecified atom stereocenters.